The number of aromatic nitrogens is 2. The number of nitrogens with one attached hydrogen (secondary N) is 2. The number of phenolic OH excluding ortho intramolecular Hbond substituents is 1. The van der Waals surface area contributed by atoms with Gasteiger partial charge in [0, 0.05) is 30.4 Å². The molecular weight excluding hydrogens is 360 g/mol. The quantitative estimate of drug-likeness (QED) is 0.545. The van der Waals surface area contributed by atoms with Crippen molar-refractivity contribution in [2.24, 2.45) is 0 Å². The first-order valence-electron chi connectivity index (χ1n) is 10.00. The van der Waals surface area contributed by atoms with Gasteiger partial charge in [-0.3, -0.25) is 0 Å². The Morgan fingerprint density at radius 1 is 1.00 bits per heavy atom. The highest BCUT2D eigenvalue weighted by Crippen LogP contribution is 2.20. The van der Waals surface area contributed by atoms with Crippen LogP contribution in [0, 0.1) is 6.92 Å². The molecule has 2 aromatic carbocycles. The fourth-order valence-electron chi connectivity index (χ4n) is 3.00. The van der Waals surface area contributed by atoms with Crippen molar-refractivity contribution in [3.8, 4) is 17.0 Å². The molecule has 0 saturated carbocycles. The fraction of sp³-hybridized carbons (Fsp3) is 0.333. The second-order valence-electron chi connectivity index (χ2n) is 8.37. The second kappa shape index (κ2) is 9.05. The van der Waals surface area contributed by atoms with Crippen molar-refractivity contribution in [2.45, 2.75) is 46.2 Å². The van der Waals surface area contributed by atoms with Gasteiger partial charge in [-0.2, -0.15) is 0 Å². The average molecular weight is 391 g/mol. The minimum absolute atomic E-state index is 0.0814. The molecule has 0 unspecified atom stereocenters. The second-order valence-corrected chi connectivity index (χ2v) is 8.37. The number of aromatic hydroxyl groups is 1. The topological polar surface area (TPSA) is 70.1 Å². The lowest BCUT2D eigenvalue weighted by atomic mass is 10.1. The van der Waals surface area contributed by atoms with Crippen LogP contribution in [0.2, 0.25) is 0 Å². The zero-order valence-corrected chi connectivity index (χ0v) is 17.7. The average Bonchev–Trinajstić information content (AvgIpc) is 2.69. The molecule has 1 aromatic heterocycles. The molecule has 0 amide bonds. The Labute approximate surface area is 173 Å². The molecule has 29 heavy (non-hydrogen) atoms. The van der Waals surface area contributed by atoms with Gasteiger partial charge >= 0.3 is 0 Å². The van der Waals surface area contributed by atoms with Gasteiger partial charge in [0.1, 0.15) is 5.75 Å². The standard InChI is InChI=1S/C24H30N4O/c1-17-14-18(8-9-22(17)29)10-12-25-23-26-13-11-21(28-23)20-7-5-6-19(15-20)16-27-24(2,3)4/h5-9,11,13-15,27,29H,10,12,16H2,1-4H3,(H,25,26,28). The van der Waals surface area contributed by atoms with E-state index in [2.05, 4.69) is 65.6 Å². The lowest BCUT2D eigenvalue weighted by molar-refractivity contribution is 0.424. The summed E-state index contributed by atoms with van der Waals surface area (Å²) in [6.45, 7) is 9.95. The van der Waals surface area contributed by atoms with Crippen LogP contribution in [0.3, 0.4) is 0 Å². The maximum Gasteiger partial charge on any atom is 0.223 e. The molecule has 5 nitrogen and oxygen atoms in total. The summed E-state index contributed by atoms with van der Waals surface area (Å²) in [6, 6.07) is 16.1. The summed E-state index contributed by atoms with van der Waals surface area (Å²) < 4.78 is 0. The molecule has 0 bridgehead atoms. The summed E-state index contributed by atoms with van der Waals surface area (Å²) in [5, 5.41) is 16.5. The van der Waals surface area contributed by atoms with Gasteiger partial charge in [-0.15, -0.1) is 0 Å². The molecule has 152 valence electrons. The van der Waals surface area contributed by atoms with Crippen molar-refractivity contribution in [2.75, 3.05) is 11.9 Å². The Morgan fingerprint density at radius 2 is 1.83 bits per heavy atom. The fourth-order valence-corrected chi connectivity index (χ4v) is 3.00. The molecule has 1 heterocycles. The third-order valence-electron chi connectivity index (χ3n) is 4.66. The summed E-state index contributed by atoms with van der Waals surface area (Å²) in [6.07, 6.45) is 2.62. The van der Waals surface area contributed by atoms with Crippen molar-refractivity contribution in [3.05, 3.63) is 71.4 Å². The molecule has 0 aliphatic heterocycles. The van der Waals surface area contributed by atoms with Crippen molar-refractivity contribution < 1.29 is 5.11 Å². The summed E-state index contributed by atoms with van der Waals surface area (Å²) in [7, 11) is 0. The van der Waals surface area contributed by atoms with Gasteiger partial charge in [0.15, 0.2) is 0 Å². The predicted molar refractivity (Wildman–Crippen MR) is 119 cm³/mol. The monoisotopic (exact) mass is 390 g/mol. The Morgan fingerprint density at radius 3 is 2.59 bits per heavy atom. The first-order chi connectivity index (χ1) is 13.8. The van der Waals surface area contributed by atoms with Crippen LogP contribution < -0.4 is 10.6 Å². The van der Waals surface area contributed by atoms with Crippen LogP contribution >= 0.6 is 0 Å². The number of hydrogen-bond donors (Lipinski definition) is 3. The number of hydrogen-bond acceptors (Lipinski definition) is 5. The first-order valence-corrected chi connectivity index (χ1v) is 10.00. The Balaban J connectivity index is 1.64. The molecule has 3 N–H and O–H groups in total. The molecule has 0 saturated heterocycles. The van der Waals surface area contributed by atoms with Crippen LogP contribution in [0.1, 0.15) is 37.5 Å². The van der Waals surface area contributed by atoms with Crippen molar-refractivity contribution in [1.82, 2.24) is 15.3 Å². The van der Waals surface area contributed by atoms with E-state index in [1.807, 2.05) is 25.1 Å². The normalized spacial score (nSPS) is 11.4. The summed E-state index contributed by atoms with van der Waals surface area (Å²) >= 11 is 0. The Kier molecular flexibility index (Phi) is 6.49. The van der Waals surface area contributed by atoms with Crippen LogP contribution in [0.5, 0.6) is 5.75 Å². The number of phenols is 1. The smallest absolute Gasteiger partial charge is 0.223 e. The zero-order valence-electron chi connectivity index (χ0n) is 17.7. The number of rotatable bonds is 7. The van der Waals surface area contributed by atoms with E-state index in [1.165, 1.54) is 11.1 Å². The maximum absolute atomic E-state index is 9.64. The zero-order chi connectivity index (χ0) is 20.9. The van der Waals surface area contributed by atoms with E-state index in [4.69, 9.17) is 0 Å². The third-order valence-corrected chi connectivity index (χ3v) is 4.66. The lowest BCUT2D eigenvalue weighted by Gasteiger charge is -2.20. The van der Waals surface area contributed by atoms with Crippen LogP contribution in [-0.2, 0) is 13.0 Å². The molecule has 0 atom stereocenters. The summed E-state index contributed by atoms with van der Waals surface area (Å²) in [5.74, 6) is 0.953. The minimum atomic E-state index is 0.0814. The van der Waals surface area contributed by atoms with Gasteiger partial charge in [0.05, 0.1) is 5.69 Å². The van der Waals surface area contributed by atoms with Crippen LogP contribution in [-0.4, -0.2) is 27.2 Å². The van der Waals surface area contributed by atoms with Gasteiger partial charge in [0.25, 0.3) is 0 Å². The maximum atomic E-state index is 9.64. The van der Waals surface area contributed by atoms with Crippen LogP contribution in [0.25, 0.3) is 11.3 Å². The van der Waals surface area contributed by atoms with E-state index >= 15 is 0 Å². The summed E-state index contributed by atoms with van der Waals surface area (Å²) in [4.78, 5) is 9.02. The van der Waals surface area contributed by atoms with Crippen molar-refractivity contribution in [1.29, 1.82) is 0 Å². The molecule has 0 aliphatic carbocycles. The van der Waals surface area contributed by atoms with Gasteiger partial charge in [0.2, 0.25) is 5.95 Å². The molecule has 3 rings (SSSR count). The van der Waals surface area contributed by atoms with Gasteiger partial charge in [-0.25, -0.2) is 9.97 Å². The Hall–Kier alpha value is -2.92. The molecule has 0 fully saturated rings. The number of nitrogens with zero attached hydrogens (tertiary/aromatic N) is 2. The van der Waals surface area contributed by atoms with E-state index in [-0.39, 0.29) is 5.54 Å². The molecule has 0 radical (unpaired) electrons. The van der Waals surface area contributed by atoms with E-state index in [0.29, 0.717) is 11.7 Å². The first kappa shape index (κ1) is 20.8. The van der Waals surface area contributed by atoms with E-state index in [9.17, 15) is 5.11 Å². The molecule has 0 aliphatic rings. The van der Waals surface area contributed by atoms with Crippen molar-refractivity contribution in [3.63, 3.8) is 0 Å². The van der Waals surface area contributed by atoms with E-state index in [0.717, 1.165) is 36.3 Å². The molecule has 5 heteroatoms. The highest BCUT2D eigenvalue weighted by Gasteiger charge is 2.09. The van der Waals surface area contributed by atoms with Crippen LogP contribution in [0.4, 0.5) is 5.95 Å². The molecular formula is C24H30N4O. The Bertz CT molecular complexity index is 963. The van der Waals surface area contributed by atoms with Gasteiger partial charge in [-0.05, 0) is 69.0 Å². The highest BCUT2D eigenvalue weighted by molar-refractivity contribution is 5.61. The van der Waals surface area contributed by atoms with Gasteiger partial charge in [-0.1, -0.05) is 30.3 Å². The third kappa shape index (κ3) is 6.29. The lowest BCUT2D eigenvalue weighted by Crippen LogP contribution is -2.35. The highest BCUT2D eigenvalue weighted by atomic mass is 16.3. The SMILES string of the molecule is Cc1cc(CCNc2nccc(-c3cccc(CNC(C)(C)C)c3)n2)ccc1O. The minimum Gasteiger partial charge on any atom is -0.508 e. The van der Waals surface area contributed by atoms with E-state index in [1.54, 1.807) is 12.3 Å². The largest absolute Gasteiger partial charge is 0.508 e. The van der Waals surface area contributed by atoms with Crippen LogP contribution in [0.15, 0.2) is 54.7 Å². The molecule has 3 aromatic rings. The number of aryl methyl sites for hydroxylation is 1. The number of benzene rings is 2. The predicted octanol–water partition coefficient (Wildman–Crippen LogP) is 4.70. The molecule has 0 spiro atoms. The number of anilines is 1. The van der Waals surface area contributed by atoms with Crippen molar-refractivity contribution >= 4 is 5.95 Å². The van der Waals surface area contributed by atoms with E-state index < -0.39 is 0 Å². The summed E-state index contributed by atoms with van der Waals surface area (Å²) in [5.41, 5.74) is 5.36. The van der Waals surface area contributed by atoms with Gasteiger partial charge < -0.3 is 15.7 Å².